The van der Waals surface area contributed by atoms with Gasteiger partial charge in [0.15, 0.2) is 5.96 Å². The molecule has 1 N–H and O–H groups in total. The van der Waals surface area contributed by atoms with Gasteiger partial charge in [-0.3, -0.25) is 4.99 Å². The summed E-state index contributed by atoms with van der Waals surface area (Å²) in [6.45, 7) is 3.93. The molecule has 0 saturated heterocycles. The maximum absolute atomic E-state index is 4.30. The fourth-order valence-electron chi connectivity index (χ4n) is 1.69. The number of aliphatic imine (C=N–C) groups is 1. The highest BCUT2D eigenvalue weighted by atomic mass is 127. The fourth-order valence-corrected chi connectivity index (χ4v) is 2.00. The van der Waals surface area contributed by atoms with Gasteiger partial charge >= 0.3 is 0 Å². The average Bonchev–Trinajstić information content (AvgIpc) is 2.37. The number of halogens is 1. The third-order valence-corrected chi connectivity index (χ3v) is 3.32. The second-order valence-corrected chi connectivity index (χ2v) is 5.29. The first-order valence-corrected chi connectivity index (χ1v) is 7.53. The summed E-state index contributed by atoms with van der Waals surface area (Å²) in [7, 11) is 3.89. The zero-order valence-corrected chi connectivity index (χ0v) is 15.3. The van der Waals surface area contributed by atoms with Crippen molar-refractivity contribution in [1.82, 2.24) is 10.2 Å². The number of nitrogens with one attached hydrogen (secondary N) is 1. The number of aryl methyl sites for hydroxylation is 1. The normalized spacial score (nSPS) is 10.8. The Labute approximate surface area is 138 Å². The summed E-state index contributed by atoms with van der Waals surface area (Å²) >= 11 is 1.84. The molecule has 1 rings (SSSR count). The topological polar surface area (TPSA) is 27.6 Å². The van der Waals surface area contributed by atoms with Crippen LogP contribution in [0.4, 0.5) is 0 Å². The highest BCUT2D eigenvalue weighted by molar-refractivity contribution is 14.0. The molecule has 1 aromatic rings. The summed E-state index contributed by atoms with van der Waals surface area (Å²) in [6.07, 6.45) is 2.11. The van der Waals surface area contributed by atoms with Crippen molar-refractivity contribution < 1.29 is 0 Å². The third-order valence-electron chi connectivity index (χ3n) is 2.70. The second-order valence-electron chi connectivity index (χ2n) is 4.31. The summed E-state index contributed by atoms with van der Waals surface area (Å²) < 4.78 is 0. The molecule has 0 radical (unpaired) electrons. The van der Waals surface area contributed by atoms with E-state index >= 15 is 0 Å². The summed E-state index contributed by atoms with van der Waals surface area (Å²) in [5.74, 6) is 2.04. The molecule has 0 aliphatic rings. The molecule has 5 heteroatoms. The minimum Gasteiger partial charge on any atom is -0.355 e. The molecule has 0 aliphatic heterocycles. The van der Waals surface area contributed by atoms with Crippen LogP contribution in [0.25, 0.3) is 0 Å². The van der Waals surface area contributed by atoms with E-state index in [-0.39, 0.29) is 24.0 Å². The van der Waals surface area contributed by atoms with Crippen LogP contribution in [0.2, 0.25) is 0 Å². The van der Waals surface area contributed by atoms with Crippen LogP contribution in [-0.2, 0) is 6.54 Å². The molecule has 0 heterocycles. The molecule has 1 aromatic carbocycles. The molecule has 0 spiro atoms. The van der Waals surface area contributed by atoms with Crippen LogP contribution in [0, 0.1) is 6.92 Å². The lowest BCUT2D eigenvalue weighted by Crippen LogP contribution is -2.39. The van der Waals surface area contributed by atoms with E-state index in [1.165, 1.54) is 11.1 Å². The molecule has 0 fully saturated rings. The number of hydrogen-bond acceptors (Lipinski definition) is 2. The quantitative estimate of drug-likeness (QED) is 0.361. The van der Waals surface area contributed by atoms with Gasteiger partial charge in [-0.15, -0.1) is 24.0 Å². The van der Waals surface area contributed by atoms with Crippen LogP contribution in [0.3, 0.4) is 0 Å². The lowest BCUT2D eigenvalue weighted by molar-refractivity contribution is 0.479. The lowest BCUT2D eigenvalue weighted by Gasteiger charge is -2.22. The maximum Gasteiger partial charge on any atom is 0.193 e. The van der Waals surface area contributed by atoms with Gasteiger partial charge in [-0.05, 0) is 18.7 Å². The van der Waals surface area contributed by atoms with Gasteiger partial charge in [-0.1, -0.05) is 29.8 Å². The molecule has 0 atom stereocenters. The molecule has 0 bridgehead atoms. The van der Waals surface area contributed by atoms with E-state index in [1.807, 2.05) is 18.8 Å². The van der Waals surface area contributed by atoms with E-state index in [2.05, 4.69) is 59.7 Å². The number of hydrogen-bond donors (Lipinski definition) is 1. The fraction of sp³-hybridized carbons (Fsp3) is 0.500. The van der Waals surface area contributed by atoms with Crippen molar-refractivity contribution in [2.24, 2.45) is 4.99 Å². The van der Waals surface area contributed by atoms with Gasteiger partial charge in [0.25, 0.3) is 0 Å². The molecule has 19 heavy (non-hydrogen) atoms. The molecule has 0 unspecified atom stereocenters. The van der Waals surface area contributed by atoms with Crippen LogP contribution < -0.4 is 5.32 Å². The van der Waals surface area contributed by atoms with Gasteiger partial charge in [-0.25, -0.2) is 0 Å². The van der Waals surface area contributed by atoms with Gasteiger partial charge in [0, 0.05) is 32.9 Å². The van der Waals surface area contributed by atoms with Crippen molar-refractivity contribution >= 4 is 41.7 Å². The SMILES string of the molecule is CN=C(NCCSC)N(C)Cc1ccc(C)cc1.I. The smallest absolute Gasteiger partial charge is 0.193 e. The van der Waals surface area contributed by atoms with E-state index in [1.54, 1.807) is 0 Å². The van der Waals surface area contributed by atoms with Gasteiger partial charge < -0.3 is 10.2 Å². The first kappa shape index (κ1) is 18.6. The van der Waals surface area contributed by atoms with E-state index < -0.39 is 0 Å². The third kappa shape index (κ3) is 7.06. The molecular weight excluding hydrogens is 369 g/mol. The van der Waals surface area contributed by atoms with Crippen molar-refractivity contribution in [1.29, 1.82) is 0 Å². The van der Waals surface area contributed by atoms with Crippen molar-refractivity contribution in [2.75, 3.05) is 32.6 Å². The van der Waals surface area contributed by atoms with Gasteiger partial charge in [0.1, 0.15) is 0 Å². The summed E-state index contributed by atoms with van der Waals surface area (Å²) in [5, 5.41) is 3.36. The Morgan fingerprint density at radius 2 is 1.95 bits per heavy atom. The van der Waals surface area contributed by atoms with Crippen LogP contribution >= 0.6 is 35.7 Å². The Hall–Kier alpha value is -0.430. The number of rotatable bonds is 5. The summed E-state index contributed by atoms with van der Waals surface area (Å²) in [6, 6.07) is 8.63. The average molecular weight is 393 g/mol. The molecule has 3 nitrogen and oxygen atoms in total. The highest BCUT2D eigenvalue weighted by Gasteiger charge is 2.05. The van der Waals surface area contributed by atoms with Crippen molar-refractivity contribution in [3.8, 4) is 0 Å². The van der Waals surface area contributed by atoms with E-state index in [9.17, 15) is 0 Å². The molecule has 108 valence electrons. The van der Waals surface area contributed by atoms with Gasteiger partial charge in [0.2, 0.25) is 0 Å². The number of guanidine groups is 1. The Bertz CT molecular complexity index is 379. The van der Waals surface area contributed by atoms with Gasteiger partial charge in [-0.2, -0.15) is 11.8 Å². The highest BCUT2D eigenvalue weighted by Crippen LogP contribution is 2.05. The zero-order valence-electron chi connectivity index (χ0n) is 12.1. The van der Waals surface area contributed by atoms with Crippen LogP contribution in [-0.4, -0.2) is 43.5 Å². The van der Waals surface area contributed by atoms with E-state index in [0.29, 0.717) is 0 Å². The summed E-state index contributed by atoms with van der Waals surface area (Å²) in [5.41, 5.74) is 2.60. The summed E-state index contributed by atoms with van der Waals surface area (Å²) in [4.78, 5) is 6.44. The monoisotopic (exact) mass is 393 g/mol. The van der Waals surface area contributed by atoms with Crippen molar-refractivity contribution in [3.63, 3.8) is 0 Å². The number of thioether (sulfide) groups is 1. The zero-order chi connectivity index (χ0) is 13.4. The van der Waals surface area contributed by atoms with Crippen LogP contribution in [0.5, 0.6) is 0 Å². The van der Waals surface area contributed by atoms with E-state index in [4.69, 9.17) is 0 Å². The Balaban J connectivity index is 0.00000324. The predicted molar refractivity (Wildman–Crippen MR) is 97.8 cm³/mol. The lowest BCUT2D eigenvalue weighted by atomic mass is 10.1. The minimum absolute atomic E-state index is 0. The first-order valence-electron chi connectivity index (χ1n) is 6.13. The number of nitrogens with zero attached hydrogens (tertiary/aromatic N) is 2. The molecule has 0 aromatic heterocycles. The van der Waals surface area contributed by atoms with Crippen LogP contribution in [0.1, 0.15) is 11.1 Å². The second kappa shape index (κ2) is 10.4. The maximum atomic E-state index is 4.30. The Morgan fingerprint density at radius 1 is 1.32 bits per heavy atom. The van der Waals surface area contributed by atoms with Crippen molar-refractivity contribution in [2.45, 2.75) is 13.5 Å². The van der Waals surface area contributed by atoms with Crippen LogP contribution in [0.15, 0.2) is 29.3 Å². The standard InChI is InChI=1S/C14H23N3S.HI/c1-12-5-7-13(8-6-12)11-17(3)14(15-2)16-9-10-18-4;/h5-8H,9-11H2,1-4H3,(H,15,16);1H. The van der Waals surface area contributed by atoms with Crippen molar-refractivity contribution in [3.05, 3.63) is 35.4 Å². The predicted octanol–water partition coefficient (Wildman–Crippen LogP) is 2.98. The largest absolute Gasteiger partial charge is 0.355 e. The first-order chi connectivity index (χ1) is 8.67. The van der Waals surface area contributed by atoms with E-state index in [0.717, 1.165) is 24.8 Å². The Morgan fingerprint density at radius 3 is 2.47 bits per heavy atom. The number of benzene rings is 1. The molecule has 0 saturated carbocycles. The minimum atomic E-state index is 0. The molecular formula is C14H24IN3S. The molecule has 0 aliphatic carbocycles. The van der Waals surface area contributed by atoms with Gasteiger partial charge in [0.05, 0.1) is 0 Å². The molecule has 0 amide bonds. The Kier molecular flexibility index (Phi) is 10.1.